The molecule has 0 aliphatic rings. The van der Waals surface area contributed by atoms with Crippen molar-refractivity contribution in [3.05, 3.63) is 90.0 Å². The van der Waals surface area contributed by atoms with Crippen LogP contribution in [0.25, 0.3) is 0 Å². The van der Waals surface area contributed by atoms with Crippen LogP contribution in [0.2, 0.25) is 0 Å². The molecule has 14 heteroatoms. The van der Waals surface area contributed by atoms with Crippen LogP contribution in [0.1, 0.15) is 37.8 Å². The quantitative estimate of drug-likeness (QED) is 0.128. The van der Waals surface area contributed by atoms with E-state index in [9.17, 15) is 36.4 Å². The van der Waals surface area contributed by atoms with Crippen molar-refractivity contribution in [3.63, 3.8) is 0 Å². The molecule has 244 valence electrons. The van der Waals surface area contributed by atoms with Crippen LogP contribution < -0.4 is 14.5 Å². The van der Waals surface area contributed by atoms with Gasteiger partial charge < -0.3 is 9.47 Å². The molecule has 3 aromatic carbocycles. The molecule has 0 aliphatic heterocycles. The molecule has 10 nitrogen and oxygen atoms in total. The van der Waals surface area contributed by atoms with Crippen LogP contribution in [-0.2, 0) is 37.1 Å². The second-order valence-electron chi connectivity index (χ2n) is 10.5. The van der Waals surface area contributed by atoms with E-state index in [-0.39, 0.29) is 49.3 Å². The first-order chi connectivity index (χ1) is 21.2. The van der Waals surface area contributed by atoms with E-state index in [0.717, 1.165) is 28.3 Å². The number of rotatable bonds is 15. The van der Waals surface area contributed by atoms with E-state index < -0.39 is 39.7 Å². The lowest BCUT2D eigenvalue weighted by molar-refractivity contribution is -0.145. The molecule has 0 saturated heterocycles. The molecule has 45 heavy (non-hydrogen) atoms. The molecule has 0 spiro atoms. The number of anilines is 1. The number of carbonyl (C=O) groups excluding carboxylic acids is 2. The molecule has 0 fully saturated rings. The molecule has 0 radical (unpaired) electrons. The predicted octanol–water partition coefficient (Wildman–Crippen LogP) is 5.37. The van der Waals surface area contributed by atoms with Gasteiger partial charge in [-0.1, -0.05) is 30.3 Å². The van der Waals surface area contributed by atoms with E-state index in [0.29, 0.717) is 6.42 Å². The zero-order valence-corrected chi connectivity index (χ0v) is 25.8. The SMILES string of the molecule is CC(C)N(CCCC(=O)OCc1ccccc1)[C@@H](CN(c1ccc(Oc2ccc(C(F)(F)F)cc2)cc1)S(C)(=O)=O)C(=O)NO. The normalized spacial score (nSPS) is 12.6. The summed E-state index contributed by atoms with van der Waals surface area (Å²) in [6.45, 7) is 3.56. The Morgan fingerprint density at radius 3 is 2.02 bits per heavy atom. The Bertz CT molecular complexity index is 1500. The van der Waals surface area contributed by atoms with Crippen LogP contribution in [0.3, 0.4) is 0 Å². The summed E-state index contributed by atoms with van der Waals surface area (Å²) in [4.78, 5) is 26.8. The number of benzene rings is 3. The Morgan fingerprint density at radius 1 is 0.933 bits per heavy atom. The number of sulfonamides is 1. The molecule has 0 unspecified atom stereocenters. The van der Waals surface area contributed by atoms with Crippen molar-refractivity contribution in [3.8, 4) is 11.5 Å². The summed E-state index contributed by atoms with van der Waals surface area (Å²) in [5.41, 5.74) is 1.81. The lowest BCUT2D eigenvalue weighted by Crippen LogP contribution is -2.55. The average molecular weight is 652 g/mol. The van der Waals surface area contributed by atoms with Gasteiger partial charge in [-0.05, 0) is 80.9 Å². The van der Waals surface area contributed by atoms with E-state index in [2.05, 4.69) is 0 Å². The van der Waals surface area contributed by atoms with Crippen molar-refractivity contribution in [1.29, 1.82) is 0 Å². The van der Waals surface area contributed by atoms with Gasteiger partial charge in [0.05, 0.1) is 24.1 Å². The maximum atomic E-state index is 12.9. The largest absolute Gasteiger partial charge is 0.461 e. The van der Waals surface area contributed by atoms with Gasteiger partial charge in [0, 0.05) is 12.5 Å². The Labute approximate surface area is 260 Å². The van der Waals surface area contributed by atoms with E-state index in [1.807, 2.05) is 30.3 Å². The highest BCUT2D eigenvalue weighted by atomic mass is 32.2. The summed E-state index contributed by atoms with van der Waals surface area (Å²) in [5, 5.41) is 9.51. The number of carbonyl (C=O) groups is 2. The van der Waals surface area contributed by atoms with Crippen molar-refractivity contribution >= 4 is 27.6 Å². The van der Waals surface area contributed by atoms with Crippen LogP contribution in [0.5, 0.6) is 11.5 Å². The zero-order valence-electron chi connectivity index (χ0n) is 25.0. The molecule has 3 aromatic rings. The van der Waals surface area contributed by atoms with Crippen molar-refractivity contribution in [2.75, 3.05) is 23.7 Å². The fraction of sp³-hybridized carbons (Fsp3) is 0.355. The highest BCUT2D eigenvalue weighted by molar-refractivity contribution is 7.92. The molecular weight excluding hydrogens is 615 g/mol. The molecule has 2 N–H and O–H groups in total. The fourth-order valence-electron chi connectivity index (χ4n) is 4.52. The highest BCUT2D eigenvalue weighted by Gasteiger charge is 2.33. The number of hydrogen-bond donors (Lipinski definition) is 2. The van der Waals surface area contributed by atoms with Crippen molar-refractivity contribution in [2.24, 2.45) is 0 Å². The smallest absolute Gasteiger partial charge is 0.416 e. The monoisotopic (exact) mass is 651 g/mol. The van der Waals surface area contributed by atoms with Crippen molar-refractivity contribution < 1.29 is 45.9 Å². The maximum Gasteiger partial charge on any atom is 0.416 e. The van der Waals surface area contributed by atoms with Crippen LogP contribution >= 0.6 is 0 Å². The lowest BCUT2D eigenvalue weighted by atomic mass is 10.1. The summed E-state index contributed by atoms with van der Waals surface area (Å²) in [7, 11) is -3.95. The Balaban J connectivity index is 1.71. The summed E-state index contributed by atoms with van der Waals surface area (Å²) in [6, 6.07) is 17.6. The Hall–Kier alpha value is -4.14. The summed E-state index contributed by atoms with van der Waals surface area (Å²) in [5.74, 6) is -0.889. The second-order valence-corrected chi connectivity index (χ2v) is 12.4. The average Bonchev–Trinajstić information content (AvgIpc) is 2.99. The number of ether oxygens (including phenoxy) is 2. The number of amides is 1. The summed E-state index contributed by atoms with van der Waals surface area (Å²) < 4.78 is 76.2. The molecule has 3 rings (SSSR count). The molecule has 1 atom stereocenters. The van der Waals surface area contributed by atoms with E-state index in [4.69, 9.17) is 9.47 Å². The first-order valence-corrected chi connectivity index (χ1v) is 15.9. The van der Waals surface area contributed by atoms with Crippen LogP contribution in [0, 0.1) is 0 Å². The van der Waals surface area contributed by atoms with Gasteiger partial charge in [0.15, 0.2) is 0 Å². The standard InChI is InChI=1S/C31H36F3N3O7S/c1-22(2)36(19-7-10-29(38)43-21-23-8-5-4-6-9-23)28(30(39)35-40)20-37(45(3,41)42)25-13-17-27(18-14-25)44-26-15-11-24(12-16-26)31(32,33)34/h4-6,8-9,11-18,22,28,40H,7,10,19-21H2,1-3H3,(H,35,39)/t28-/m0/s1. The molecule has 0 bridgehead atoms. The van der Waals surface area contributed by atoms with Gasteiger partial charge in [-0.15, -0.1) is 0 Å². The van der Waals surface area contributed by atoms with Gasteiger partial charge in [-0.2, -0.15) is 13.2 Å². The second kappa shape index (κ2) is 15.7. The first kappa shape index (κ1) is 35.3. The number of hydroxylamine groups is 1. The number of hydrogen-bond acceptors (Lipinski definition) is 8. The number of nitrogens with one attached hydrogen (secondary N) is 1. The van der Waals surface area contributed by atoms with Crippen molar-refractivity contribution in [1.82, 2.24) is 10.4 Å². The summed E-state index contributed by atoms with van der Waals surface area (Å²) in [6.07, 6.45) is -3.16. The minimum atomic E-state index is -4.49. The van der Waals surface area contributed by atoms with E-state index in [1.165, 1.54) is 36.4 Å². The molecule has 0 aliphatic carbocycles. The molecule has 1 amide bonds. The molecular formula is C31H36F3N3O7S. The van der Waals surface area contributed by atoms with Gasteiger partial charge in [0.1, 0.15) is 24.1 Å². The Kier molecular flexibility index (Phi) is 12.4. The first-order valence-electron chi connectivity index (χ1n) is 14.0. The third-order valence-electron chi connectivity index (χ3n) is 6.80. The molecule has 0 aromatic heterocycles. The lowest BCUT2D eigenvalue weighted by Gasteiger charge is -2.36. The Morgan fingerprint density at radius 2 is 1.51 bits per heavy atom. The van der Waals surface area contributed by atoms with Gasteiger partial charge in [0.2, 0.25) is 10.0 Å². The predicted molar refractivity (Wildman–Crippen MR) is 161 cm³/mol. The fourth-order valence-corrected chi connectivity index (χ4v) is 5.44. The third-order valence-corrected chi connectivity index (χ3v) is 7.96. The van der Waals surface area contributed by atoms with Crippen molar-refractivity contribution in [2.45, 2.75) is 51.6 Å². The van der Waals surface area contributed by atoms with Crippen LogP contribution in [0.15, 0.2) is 78.9 Å². The van der Waals surface area contributed by atoms with Crippen LogP contribution in [-0.4, -0.2) is 61.8 Å². The molecule has 0 heterocycles. The number of alkyl halides is 3. The summed E-state index contributed by atoms with van der Waals surface area (Å²) >= 11 is 0. The minimum Gasteiger partial charge on any atom is -0.461 e. The zero-order chi connectivity index (χ0) is 33.2. The van der Waals surface area contributed by atoms with Gasteiger partial charge in [-0.3, -0.25) is 24.0 Å². The highest BCUT2D eigenvalue weighted by Crippen LogP contribution is 2.32. The number of esters is 1. The number of halogens is 3. The van der Waals surface area contributed by atoms with E-state index >= 15 is 0 Å². The van der Waals surface area contributed by atoms with Gasteiger partial charge >= 0.3 is 12.1 Å². The topological polar surface area (TPSA) is 125 Å². The maximum absolute atomic E-state index is 12.9. The molecule has 0 saturated carbocycles. The minimum absolute atomic E-state index is 0.0553. The van der Waals surface area contributed by atoms with Gasteiger partial charge in [0.25, 0.3) is 5.91 Å². The number of nitrogens with zero attached hydrogens (tertiary/aromatic N) is 2. The van der Waals surface area contributed by atoms with E-state index in [1.54, 1.807) is 24.2 Å². The van der Waals surface area contributed by atoms with Crippen LogP contribution in [0.4, 0.5) is 18.9 Å². The van der Waals surface area contributed by atoms with Gasteiger partial charge in [-0.25, -0.2) is 13.9 Å². The third kappa shape index (κ3) is 10.8.